The van der Waals surface area contributed by atoms with Gasteiger partial charge in [0.05, 0.1) is 5.25 Å². The summed E-state index contributed by atoms with van der Waals surface area (Å²) in [6, 6.07) is 0.409. The molecule has 2 saturated heterocycles. The summed E-state index contributed by atoms with van der Waals surface area (Å²) >= 11 is 0. The first-order valence-corrected chi connectivity index (χ1v) is 9.03. The predicted molar refractivity (Wildman–Crippen MR) is 77.7 cm³/mol. The number of nitrogens with zero attached hydrogens (tertiary/aromatic N) is 2. The van der Waals surface area contributed by atoms with Crippen LogP contribution in [0, 0.1) is 0 Å². The van der Waals surface area contributed by atoms with E-state index in [1.165, 1.54) is 0 Å². The van der Waals surface area contributed by atoms with Gasteiger partial charge in [-0.15, -0.1) is 0 Å². The Morgan fingerprint density at radius 3 is 2.37 bits per heavy atom. The van der Waals surface area contributed by atoms with Crippen molar-refractivity contribution >= 4 is 10.0 Å². The van der Waals surface area contributed by atoms with Crippen LogP contribution < -0.4 is 5.32 Å². The van der Waals surface area contributed by atoms with Crippen molar-refractivity contribution in [1.82, 2.24) is 14.5 Å². The Morgan fingerprint density at radius 2 is 1.79 bits per heavy atom. The summed E-state index contributed by atoms with van der Waals surface area (Å²) in [5.41, 5.74) is 0. The summed E-state index contributed by atoms with van der Waals surface area (Å²) in [4.78, 5) is 2.37. The van der Waals surface area contributed by atoms with Gasteiger partial charge < -0.3 is 5.32 Å². The Hall–Kier alpha value is -0.170. The molecule has 0 amide bonds. The SMILES string of the molecule is CCN(CC)C1CCN(S(=O)(=O)C2CCNCC2)C1. The molecule has 1 N–H and O–H groups in total. The predicted octanol–water partition coefficient (Wildman–Crippen LogP) is 0.484. The first kappa shape index (κ1) is 15.2. The maximum absolute atomic E-state index is 12.6. The van der Waals surface area contributed by atoms with Crippen molar-refractivity contribution in [2.45, 2.75) is 44.4 Å². The fraction of sp³-hybridized carbons (Fsp3) is 1.00. The maximum Gasteiger partial charge on any atom is 0.217 e. The molecule has 6 heteroatoms. The van der Waals surface area contributed by atoms with Crippen LogP contribution in [0.1, 0.15) is 33.1 Å². The van der Waals surface area contributed by atoms with Crippen molar-refractivity contribution in [3.8, 4) is 0 Å². The average molecular weight is 289 g/mol. The highest BCUT2D eigenvalue weighted by molar-refractivity contribution is 7.89. The summed E-state index contributed by atoms with van der Waals surface area (Å²) in [5.74, 6) is 0. The van der Waals surface area contributed by atoms with Crippen molar-refractivity contribution < 1.29 is 8.42 Å². The van der Waals surface area contributed by atoms with Gasteiger partial charge in [-0.05, 0) is 45.4 Å². The Labute approximate surface area is 117 Å². The molecule has 0 aromatic rings. The molecule has 2 aliphatic rings. The Morgan fingerprint density at radius 1 is 1.16 bits per heavy atom. The molecule has 1 atom stereocenters. The van der Waals surface area contributed by atoms with Crippen LogP contribution in [0.25, 0.3) is 0 Å². The van der Waals surface area contributed by atoms with E-state index in [0.717, 1.165) is 45.4 Å². The number of sulfonamides is 1. The molecule has 112 valence electrons. The minimum atomic E-state index is -3.08. The standard InChI is InChI=1S/C13H27N3O2S/c1-3-15(4-2)12-7-10-16(11-12)19(17,18)13-5-8-14-9-6-13/h12-14H,3-11H2,1-2H3. The molecule has 0 aromatic carbocycles. The van der Waals surface area contributed by atoms with Gasteiger partial charge in [0.2, 0.25) is 10.0 Å². The zero-order valence-electron chi connectivity index (χ0n) is 12.1. The van der Waals surface area contributed by atoms with Gasteiger partial charge in [-0.2, -0.15) is 0 Å². The summed E-state index contributed by atoms with van der Waals surface area (Å²) in [5, 5.41) is 3.07. The summed E-state index contributed by atoms with van der Waals surface area (Å²) in [6.07, 6.45) is 2.50. The quantitative estimate of drug-likeness (QED) is 0.800. The van der Waals surface area contributed by atoms with Crippen LogP contribution in [0.15, 0.2) is 0 Å². The number of hydrogen-bond donors (Lipinski definition) is 1. The molecular formula is C13H27N3O2S. The highest BCUT2D eigenvalue weighted by Crippen LogP contribution is 2.24. The monoisotopic (exact) mass is 289 g/mol. The fourth-order valence-corrected chi connectivity index (χ4v) is 5.28. The molecule has 1 unspecified atom stereocenters. The zero-order chi connectivity index (χ0) is 13.9. The molecule has 5 nitrogen and oxygen atoms in total. The molecule has 0 aromatic heterocycles. The van der Waals surface area contributed by atoms with E-state index in [9.17, 15) is 8.42 Å². The van der Waals surface area contributed by atoms with Crippen LogP contribution in [0.5, 0.6) is 0 Å². The third-order valence-electron chi connectivity index (χ3n) is 4.52. The molecule has 0 radical (unpaired) electrons. The highest BCUT2D eigenvalue weighted by Gasteiger charge is 2.38. The normalized spacial score (nSPS) is 27.2. The van der Waals surface area contributed by atoms with Crippen molar-refractivity contribution in [3.63, 3.8) is 0 Å². The third-order valence-corrected chi connectivity index (χ3v) is 6.89. The van der Waals surface area contributed by atoms with E-state index in [2.05, 4.69) is 24.1 Å². The molecule has 0 aliphatic carbocycles. The second-order valence-corrected chi connectivity index (χ2v) is 7.73. The summed E-state index contributed by atoms with van der Waals surface area (Å²) in [6.45, 7) is 9.35. The molecule has 0 saturated carbocycles. The van der Waals surface area contributed by atoms with Crippen LogP contribution in [0.3, 0.4) is 0 Å². The molecule has 0 bridgehead atoms. The maximum atomic E-state index is 12.6. The molecule has 2 fully saturated rings. The Balaban J connectivity index is 1.99. The molecule has 19 heavy (non-hydrogen) atoms. The van der Waals surface area contributed by atoms with Crippen LogP contribution in [0.2, 0.25) is 0 Å². The van der Waals surface area contributed by atoms with Gasteiger partial charge in [-0.25, -0.2) is 12.7 Å². The van der Waals surface area contributed by atoms with E-state index in [0.29, 0.717) is 19.1 Å². The Bertz CT molecular complexity index is 375. The molecule has 2 rings (SSSR count). The number of likely N-dealkylation sites (N-methyl/N-ethyl adjacent to an activating group) is 1. The van der Waals surface area contributed by atoms with Crippen molar-refractivity contribution in [2.75, 3.05) is 39.3 Å². The molecule has 2 heterocycles. The molecular weight excluding hydrogens is 262 g/mol. The van der Waals surface area contributed by atoms with E-state index in [4.69, 9.17) is 0 Å². The van der Waals surface area contributed by atoms with Gasteiger partial charge in [0.1, 0.15) is 0 Å². The van der Waals surface area contributed by atoms with Crippen LogP contribution >= 0.6 is 0 Å². The van der Waals surface area contributed by atoms with Crippen molar-refractivity contribution in [3.05, 3.63) is 0 Å². The van der Waals surface area contributed by atoms with E-state index in [1.807, 2.05) is 0 Å². The lowest BCUT2D eigenvalue weighted by molar-refractivity contribution is 0.224. The average Bonchev–Trinajstić information content (AvgIpc) is 2.92. The summed E-state index contributed by atoms with van der Waals surface area (Å²) < 4.78 is 27.0. The minimum absolute atomic E-state index is 0.163. The largest absolute Gasteiger partial charge is 0.317 e. The lowest BCUT2D eigenvalue weighted by Crippen LogP contribution is -2.44. The van der Waals surface area contributed by atoms with Gasteiger partial charge in [-0.1, -0.05) is 13.8 Å². The number of nitrogens with one attached hydrogen (secondary N) is 1. The van der Waals surface area contributed by atoms with E-state index < -0.39 is 10.0 Å². The van der Waals surface area contributed by atoms with Crippen molar-refractivity contribution in [1.29, 1.82) is 0 Å². The van der Waals surface area contributed by atoms with Crippen molar-refractivity contribution in [2.24, 2.45) is 0 Å². The second-order valence-electron chi connectivity index (χ2n) is 5.52. The van der Waals surface area contributed by atoms with Gasteiger partial charge in [0.25, 0.3) is 0 Å². The van der Waals surface area contributed by atoms with Gasteiger partial charge in [0, 0.05) is 19.1 Å². The van der Waals surface area contributed by atoms with E-state index >= 15 is 0 Å². The topological polar surface area (TPSA) is 52.7 Å². The van der Waals surface area contributed by atoms with Crippen LogP contribution in [-0.4, -0.2) is 68.2 Å². The molecule has 0 spiro atoms. The smallest absolute Gasteiger partial charge is 0.217 e. The zero-order valence-corrected chi connectivity index (χ0v) is 13.0. The number of rotatable bonds is 5. The fourth-order valence-electron chi connectivity index (χ4n) is 3.28. The van der Waals surface area contributed by atoms with Gasteiger partial charge >= 0.3 is 0 Å². The highest BCUT2D eigenvalue weighted by atomic mass is 32.2. The Kier molecular flexibility index (Phi) is 5.22. The second kappa shape index (κ2) is 6.52. The van der Waals surface area contributed by atoms with Crippen LogP contribution in [-0.2, 0) is 10.0 Å². The third kappa shape index (κ3) is 3.29. The summed E-state index contributed by atoms with van der Waals surface area (Å²) in [7, 11) is -3.08. The minimum Gasteiger partial charge on any atom is -0.317 e. The first-order chi connectivity index (χ1) is 9.09. The van der Waals surface area contributed by atoms with E-state index in [-0.39, 0.29) is 5.25 Å². The first-order valence-electron chi connectivity index (χ1n) is 7.53. The van der Waals surface area contributed by atoms with Gasteiger partial charge in [0.15, 0.2) is 0 Å². The van der Waals surface area contributed by atoms with Crippen LogP contribution in [0.4, 0.5) is 0 Å². The lowest BCUT2D eigenvalue weighted by Gasteiger charge is -2.29. The van der Waals surface area contributed by atoms with Gasteiger partial charge in [-0.3, -0.25) is 4.90 Å². The number of hydrogen-bond acceptors (Lipinski definition) is 4. The number of piperidine rings is 1. The lowest BCUT2D eigenvalue weighted by atomic mass is 10.2. The van der Waals surface area contributed by atoms with E-state index in [1.54, 1.807) is 4.31 Å². The molecule has 2 aliphatic heterocycles.